The molecule has 0 amide bonds. The Morgan fingerprint density at radius 3 is 2.75 bits per heavy atom. The fourth-order valence-electron chi connectivity index (χ4n) is 2.05. The van der Waals surface area contributed by atoms with Crippen molar-refractivity contribution in [2.75, 3.05) is 0 Å². The number of benzene rings is 1. The zero-order valence-electron chi connectivity index (χ0n) is 8.71. The Morgan fingerprint density at radius 2 is 2.00 bits per heavy atom. The third kappa shape index (κ3) is 1.74. The van der Waals surface area contributed by atoms with E-state index >= 15 is 0 Å². The SMILES string of the molecule is O=C1C=CC[C@@H]([C@H]2O[C@@H]2c2ccccc2)O1. The van der Waals surface area contributed by atoms with Crippen LogP contribution in [0, 0.1) is 0 Å². The Balaban J connectivity index is 1.68. The van der Waals surface area contributed by atoms with Crippen LogP contribution in [0.3, 0.4) is 0 Å². The van der Waals surface area contributed by atoms with Crippen molar-refractivity contribution in [3.8, 4) is 0 Å². The predicted octanol–water partition coefficient (Wildman–Crippen LogP) is 2.00. The Hall–Kier alpha value is -1.61. The van der Waals surface area contributed by atoms with E-state index in [2.05, 4.69) is 0 Å². The Morgan fingerprint density at radius 1 is 1.19 bits per heavy atom. The smallest absolute Gasteiger partial charge is 0.330 e. The summed E-state index contributed by atoms with van der Waals surface area (Å²) in [7, 11) is 0. The fraction of sp³-hybridized carbons (Fsp3) is 0.308. The summed E-state index contributed by atoms with van der Waals surface area (Å²) in [6, 6.07) is 10.0. The van der Waals surface area contributed by atoms with Crippen LogP contribution in [0.15, 0.2) is 42.5 Å². The predicted molar refractivity (Wildman–Crippen MR) is 57.7 cm³/mol. The molecule has 82 valence electrons. The molecule has 0 aromatic heterocycles. The molecule has 0 saturated carbocycles. The molecule has 0 bridgehead atoms. The number of ether oxygens (including phenoxy) is 2. The fourth-order valence-corrected chi connectivity index (χ4v) is 2.05. The van der Waals surface area contributed by atoms with E-state index in [-0.39, 0.29) is 24.3 Å². The van der Waals surface area contributed by atoms with Crippen LogP contribution in [-0.4, -0.2) is 18.2 Å². The number of cyclic esters (lactones) is 1. The molecule has 1 saturated heterocycles. The van der Waals surface area contributed by atoms with Crippen molar-refractivity contribution in [2.24, 2.45) is 0 Å². The van der Waals surface area contributed by atoms with Crippen LogP contribution in [0.25, 0.3) is 0 Å². The van der Waals surface area contributed by atoms with E-state index in [1.165, 1.54) is 6.08 Å². The summed E-state index contributed by atoms with van der Waals surface area (Å²) in [5.41, 5.74) is 1.15. The highest BCUT2D eigenvalue weighted by molar-refractivity contribution is 5.82. The second-order valence-electron chi connectivity index (χ2n) is 4.05. The van der Waals surface area contributed by atoms with E-state index in [0.717, 1.165) is 12.0 Å². The molecular weight excluding hydrogens is 204 g/mol. The third-order valence-corrected chi connectivity index (χ3v) is 2.91. The van der Waals surface area contributed by atoms with Crippen molar-refractivity contribution in [1.82, 2.24) is 0 Å². The normalized spacial score (nSPS) is 32.2. The molecule has 3 atom stereocenters. The van der Waals surface area contributed by atoms with Crippen molar-refractivity contribution >= 4 is 5.97 Å². The molecule has 3 nitrogen and oxygen atoms in total. The molecule has 2 heterocycles. The lowest BCUT2D eigenvalue weighted by molar-refractivity contribution is -0.145. The standard InChI is InChI=1S/C13H12O3/c14-11-8-4-7-10(15-11)13-12(16-13)9-5-2-1-3-6-9/h1-6,8,10,12-13H,7H2/t10-,12+,13+/m0/s1. The zero-order chi connectivity index (χ0) is 11.0. The highest BCUT2D eigenvalue weighted by atomic mass is 16.6. The minimum absolute atomic E-state index is 0.0244. The Kier molecular flexibility index (Phi) is 2.26. The molecule has 1 aromatic rings. The molecular formula is C13H12O3. The van der Waals surface area contributed by atoms with Gasteiger partial charge in [-0.25, -0.2) is 4.79 Å². The molecule has 3 rings (SSSR count). The number of epoxide rings is 1. The van der Waals surface area contributed by atoms with E-state index in [4.69, 9.17) is 9.47 Å². The lowest BCUT2D eigenvalue weighted by Gasteiger charge is -2.16. The molecule has 0 radical (unpaired) electrons. The van der Waals surface area contributed by atoms with Gasteiger partial charge in [-0.2, -0.15) is 0 Å². The molecule has 2 aliphatic rings. The van der Waals surface area contributed by atoms with Crippen molar-refractivity contribution in [1.29, 1.82) is 0 Å². The van der Waals surface area contributed by atoms with E-state index < -0.39 is 0 Å². The van der Waals surface area contributed by atoms with Crippen LogP contribution in [0.1, 0.15) is 18.1 Å². The Labute approximate surface area is 93.7 Å². The summed E-state index contributed by atoms with van der Waals surface area (Å²) < 4.78 is 10.8. The van der Waals surface area contributed by atoms with Gasteiger partial charge in [-0.05, 0) is 5.56 Å². The number of hydrogen-bond donors (Lipinski definition) is 0. The van der Waals surface area contributed by atoms with Gasteiger partial charge < -0.3 is 9.47 Å². The van der Waals surface area contributed by atoms with Gasteiger partial charge in [0.2, 0.25) is 0 Å². The Bertz CT molecular complexity index is 424. The van der Waals surface area contributed by atoms with Crippen LogP contribution in [-0.2, 0) is 14.3 Å². The van der Waals surface area contributed by atoms with E-state index in [9.17, 15) is 4.79 Å². The summed E-state index contributed by atoms with van der Waals surface area (Å²) in [5, 5.41) is 0. The maximum absolute atomic E-state index is 11.1. The second-order valence-corrected chi connectivity index (χ2v) is 4.05. The summed E-state index contributed by atoms with van der Waals surface area (Å²) in [6.07, 6.45) is 4.06. The van der Waals surface area contributed by atoms with E-state index in [0.29, 0.717) is 0 Å². The van der Waals surface area contributed by atoms with Crippen molar-refractivity contribution in [3.05, 3.63) is 48.0 Å². The monoisotopic (exact) mass is 216 g/mol. The highest BCUT2D eigenvalue weighted by Gasteiger charge is 2.47. The number of carbonyl (C=O) groups is 1. The van der Waals surface area contributed by atoms with Crippen LogP contribution >= 0.6 is 0 Å². The average molecular weight is 216 g/mol. The van der Waals surface area contributed by atoms with Gasteiger partial charge in [-0.15, -0.1) is 0 Å². The first-order valence-electron chi connectivity index (χ1n) is 5.42. The largest absolute Gasteiger partial charge is 0.456 e. The van der Waals surface area contributed by atoms with Crippen molar-refractivity contribution in [2.45, 2.75) is 24.7 Å². The molecule has 1 fully saturated rings. The van der Waals surface area contributed by atoms with Gasteiger partial charge in [0.05, 0.1) is 0 Å². The van der Waals surface area contributed by atoms with Crippen molar-refractivity contribution in [3.63, 3.8) is 0 Å². The molecule has 0 aliphatic carbocycles. The molecule has 0 spiro atoms. The topological polar surface area (TPSA) is 38.8 Å². The highest BCUT2D eigenvalue weighted by Crippen LogP contribution is 2.43. The number of hydrogen-bond acceptors (Lipinski definition) is 3. The van der Waals surface area contributed by atoms with E-state index in [1.807, 2.05) is 36.4 Å². The first kappa shape index (κ1) is 9.60. The molecule has 1 aromatic carbocycles. The molecule has 2 aliphatic heterocycles. The number of esters is 1. The maximum atomic E-state index is 11.1. The molecule has 16 heavy (non-hydrogen) atoms. The average Bonchev–Trinajstić information content (AvgIpc) is 3.10. The minimum Gasteiger partial charge on any atom is -0.456 e. The van der Waals surface area contributed by atoms with Gasteiger partial charge in [0, 0.05) is 12.5 Å². The van der Waals surface area contributed by atoms with Crippen LogP contribution in [0.2, 0.25) is 0 Å². The lowest BCUT2D eigenvalue weighted by Crippen LogP contribution is -2.25. The van der Waals surface area contributed by atoms with Gasteiger partial charge in [0.25, 0.3) is 0 Å². The van der Waals surface area contributed by atoms with Crippen LogP contribution in [0.5, 0.6) is 0 Å². The van der Waals surface area contributed by atoms with Crippen LogP contribution < -0.4 is 0 Å². The van der Waals surface area contributed by atoms with Gasteiger partial charge in [0.1, 0.15) is 18.3 Å². The van der Waals surface area contributed by atoms with Crippen molar-refractivity contribution < 1.29 is 14.3 Å². The summed E-state index contributed by atoms with van der Waals surface area (Å²) >= 11 is 0. The number of carbonyl (C=O) groups excluding carboxylic acids is 1. The quantitative estimate of drug-likeness (QED) is 0.560. The van der Waals surface area contributed by atoms with Gasteiger partial charge in [-0.1, -0.05) is 36.4 Å². The summed E-state index contributed by atoms with van der Waals surface area (Å²) in [5.74, 6) is -0.265. The summed E-state index contributed by atoms with van der Waals surface area (Å²) in [4.78, 5) is 11.1. The van der Waals surface area contributed by atoms with Crippen LogP contribution in [0.4, 0.5) is 0 Å². The first-order valence-corrected chi connectivity index (χ1v) is 5.42. The maximum Gasteiger partial charge on any atom is 0.330 e. The number of rotatable bonds is 2. The van der Waals surface area contributed by atoms with E-state index in [1.54, 1.807) is 0 Å². The third-order valence-electron chi connectivity index (χ3n) is 2.91. The second kappa shape index (κ2) is 3.76. The van der Waals surface area contributed by atoms with Gasteiger partial charge in [-0.3, -0.25) is 0 Å². The molecule has 0 unspecified atom stereocenters. The molecule has 3 heteroatoms. The lowest BCUT2D eigenvalue weighted by atomic mass is 10.0. The molecule has 0 N–H and O–H groups in total. The van der Waals surface area contributed by atoms with Gasteiger partial charge >= 0.3 is 5.97 Å². The first-order chi connectivity index (χ1) is 7.84. The van der Waals surface area contributed by atoms with Gasteiger partial charge in [0.15, 0.2) is 0 Å². The minimum atomic E-state index is -0.265. The summed E-state index contributed by atoms with van der Waals surface area (Å²) in [6.45, 7) is 0. The zero-order valence-corrected chi connectivity index (χ0v) is 8.71.